The number of rotatable bonds is 4. The lowest BCUT2D eigenvalue weighted by Crippen LogP contribution is -2.55. The summed E-state index contributed by atoms with van der Waals surface area (Å²) in [5.41, 5.74) is -0.484. The molecular weight excluding hydrogens is 242 g/mol. The number of aliphatic hydroxyl groups is 1. The van der Waals surface area contributed by atoms with E-state index in [1.807, 2.05) is 20.8 Å². The Balaban J connectivity index is 2.81. The predicted molar refractivity (Wildman–Crippen MR) is 76.3 cm³/mol. The summed E-state index contributed by atoms with van der Waals surface area (Å²) < 4.78 is 0. The van der Waals surface area contributed by atoms with Crippen LogP contribution in [0.1, 0.15) is 66.2 Å². The van der Waals surface area contributed by atoms with Crippen molar-refractivity contribution in [2.45, 2.75) is 83.9 Å². The molecule has 0 radical (unpaired) electrons. The van der Waals surface area contributed by atoms with Crippen LogP contribution in [0.25, 0.3) is 0 Å². The van der Waals surface area contributed by atoms with Crippen LogP contribution in [0.2, 0.25) is 0 Å². The van der Waals surface area contributed by atoms with Gasteiger partial charge in [0.1, 0.15) is 0 Å². The van der Waals surface area contributed by atoms with E-state index in [0.717, 1.165) is 6.42 Å². The molecule has 0 unspecified atom stereocenters. The second-order valence-corrected chi connectivity index (χ2v) is 6.87. The molecule has 4 heteroatoms. The van der Waals surface area contributed by atoms with Crippen molar-refractivity contribution < 1.29 is 15.0 Å². The highest BCUT2D eigenvalue weighted by Crippen LogP contribution is 2.31. The molecule has 0 aromatic carbocycles. The van der Waals surface area contributed by atoms with Gasteiger partial charge in [0.05, 0.1) is 12.1 Å². The maximum atomic E-state index is 11.5. The molecular formula is C15H29NO3. The van der Waals surface area contributed by atoms with Crippen molar-refractivity contribution in [3.8, 4) is 0 Å². The summed E-state index contributed by atoms with van der Waals surface area (Å²) >= 11 is 0. The fourth-order valence-corrected chi connectivity index (χ4v) is 3.21. The molecule has 0 heterocycles. The Bertz CT molecular complexity index is 290. The summed E-state index contributed by atoms with van der Waals surface area (Å²) in [7, 11) is 0. The van der Waals surface area contributed by atoms with Crippen molar-refractivity contribution in [3.63, 3.8) is 0 Å². The number of carbonyl (C=O) groups is 1. The number of hydrogen-bond donors (Lipinski definition) is 2. The highest BCUT2D eigenvalue weighted by atomic mass is 16.4. The van der Waals surface area contributed by atoms with E-state index in [0.29, 0.717) is 5.92 Å². The van der Waals surface area contributed by atoms with Gasteiger partial charge in [0.15, 0.2) is 0 Å². The molecule has 0 saturated heterocycles. The number of hydrogen-bond acceptors (Lipinski definition) is 2. The highest BCUT2D eigenvalue weighted by molar-refractivity contribution is 5.66. The van der Waals surface area contributed by atoms with Crippen LogP contribution in [0.4, 0.5) is 4.79 Å². The van der Waals surface area contributed by atoms with Gasteiger partial charge in [-0.3, -0.25) is 4.90 Å². The summed E-state index contributed by atoms with van der Waals surface area (Å²) in [5.74, 6) is 0.553. The van der Waals surface area contributed by atoms with Crippen LogP contribution in [0.5, 0.6) is 0 Å². The summed E-state index contributed by atoms with van der Waals surface area (Å²) in [4.78, 5) is 13.0. The maximum absolute atomic E-state index is 11.5. The van der Waals surface area contributed by atoms with Crippen molar-refractivity contribution in [1.82, 2.24) is 4.90 Å². The molecule has 2 N–H and O–H groups in total. The fraction of sp³-hybridized carbons (Fsp3) is 0.933. The van der Waals surface area contributed by atoms with Gasteiger partial charge in [-0.05, 0) is 40.0 Å². The first-order chi connectivity index (χ1) is 8.73. The van der Waals surface area contributed by atoms with Crippen molar-refractivity contribution >= 4 is 6.09 Å². The number of nitrogens with zero attached hydrogens (tertiary/aromatic N) is 1. The zero-order valence-electron chi connectivity index (χ0n) is 12.7. The van der Waals surface area contributed by atoms with Crippen LogP contribution in [0, 0.1) is 5.92 Å². The van der Waals surface area contributed by atoms with Crippen LogP contribution in [0.3, 0.4) is 0 Å². The molecule has 1 aliphatic carbocycles. The second-order valence-electron chi connectivity index (χ2n) is 6.87. The summed E-state index contributed by atoms with van der Waals surface area (Å²) in [6.07, 6.45) is 5.31. The first-order valence-corrected chi connectivity index (χ1v) is 7.44. The summed E-state index contributed by atoms with van der Waals surface area (Å²) in [6.45, 7) is 7.36. The highest BCUT2D eigenvalue weighted by Gasteiger charge is 2.37. The molecule has 0 aromatic rings. The lowest BCUT2D eigenvalue weighted by atomic mass is 9.82. The molecule has 0 aliphatic heterocycles. The Morgan fingerprint density at radius 2 is 1.79 bits per heavy atom. The Labute approximate surface area is 116 Å². The van der Waals surface area contributed by atoms with E-state index in [9.17, 15) is 15.0 Å². The van der Waals surface area contributed by atoms with Crippen molar-refractivity contribution in [3.05, 3.63) is 0 Å². The Morgan fingerprint density at radius 3 is 2.16 bits per heavy atom. The minimum atomic E-state index is -0.936. The van der Waals surface area contributed by atoms with Gasteiger partial charge in [0, 0.05) is 5.54 Å². The molecule has 0 bridgehead atoms. The third kappa shape index (κ3) is 4.68. The largest absolute Gasteiger partial charge is 0.465 e. The zero-order chi connectivity index (χ0) is 14.6. The van der Waals surface area contributed by atoms with Crippen molar-refractivity contribution in [1.29, 1.82) is 0 Å². The molecule has 0 spiro atoms. The van der Waals surface area contributed by atoms with Gasteiger partial charge in [-0.25, -0.2) is 4.79 Å². The second kappa shape index (κ2) is 6.60. The van der Waals surface area contributed by atoms with Crippen molar-refractivity contribution in [2.75, 3.05) is 0 Å². The summed E-state index contributed by atoms with van der Waals surface area (Å²) in [5, 5.41) is 19.5. The quantitative estimate of drug-likeness (QED) is 0.823. The summed E-state index contributed by atoms with van der Waals surface area (Å²) in [6, 6.07) is -0.305. The van der Waals surface area contributed by atoms with Crippen LogP contribution in [0.15, 0.2) is 0 Å². The minimum absolute atomic E-state index is 0.305. The van der Waals surface area contributed by atoms with E-state index in [4.69, 9.17) is 0 Å². The average Bonchev–Trinajstić information content (AvgIpc) is 2.27. The van der Waals surface area contributed by atoms with E-state index in [1.54, 1.807) is 6.92 Å². The van der Waals surface area contributed by atoms with Crippen LogP contribution in [-0.4, -0.2) is 38.9 Å². The molecule has 1 saturated carbocycles. The molecule has 2 atom stereocenters. The molecule has 4 nitrogen and oxygen atoms in total. The first kappa shape index (κ1) is 16.3. The topological polar surface area (TPSA) is 60.8 Å². The predicted octanol–water partition coefficient (Wildman–Crippen LogP) is 3.48. The van der Waals surface area contributed by atoms with Crippen LogP contribution in [-0.2, 0) is 0 Å². The van der Waals surface area contributed by atoms with E-state index < -0.39 is 17.7 Å². The normalized spacial score (nSPS) is 20.9. The van der Waals surface area contributed by atoms with E-state index in [-0.39, 0.29) is 6.04 Å². The van der Waals surface area contributed by atoms with Gasteiger partial charge in [0.25, 0.3) is 0 Å². The third-order valence-electron chi connectivity index (χ3n) is 4.12. The molecule has 112 valence electrons. The Morgan fingerprint density at radius 1 is 1.26 bits per heavy atom. The number of carboxylic acid groups (broad SMARTS) is 1. The lowest BCUT2D eigenvalue weighted by molar-refractivity contribution is 0.00197. The lowest BCUT2D eigenvalue weighted by Gasteiger charge is -2.42. The van der Waals surface area contributed by atoms with E-state index >= 15 is 0 Å². The zero-order valence-corrected chi connectivity index (χ0v) is 12.7. The molecule has 1 rings (SSSR count). The van der Waals surface area contributed by atoms with Crippen LogP contribution >= 0.6 is 0 Å². The fourth-order valence-electron chi connectivity index (χ4n) is 3.21. The minimum Gasteiger partial charge on any atom is -0.465 e. The number of aliphatic hydroxyl groups excluding tert-OH is 1. The van der Waals surface area contributed by atoms with Gasteiger partial charge in [-0.15, -0.1) is 0 Å². The van der Waals surface area contributed by atoms with Gasteiger partial charge < -0.3 is 10.2 Å². The van der Waals surface area contributed by atoms with Crippen LogP contribution < -0.4 is 0 Å². The van der Waals surface area contributed by atoms with Crippen molar-refractivity contribution in [2.24, 2.45) is 5.92 Å². The average molecular weight is 271 g/mol. The number of amides is 1. The Hall–Kier alpha value is -0.770. The van der Waals surface area contributed by atoms with Gasteiger partial charge in [0.2, 0.25) is 0 Å². The molecule has 19 heavy (non-hydrogen) atoms. The molecule has 1 aliphatic rings. The SMILES string of the molecule is C[C@@H](O)[C@H](CC1CCCCC1)N(C(=O)O)C(C)(C)C. The molecule has 1 fully saturated rings. The molecule has 1 amide bonds. The Kier molecular flexibility index (Phi) is 5.65. The third-order valence-corrected chi connectivity index (χ3v) is 4.12. The van der Waals surface area contributed by atoms with Gasteiger partial charge in [-0.2, -0.15) is 0 Å². The van der Waals surface area contributed by atoms with Gasteiger partial charge in [-0.1, -0.05) is 32.1 Å². The monoisotopic (exact) mass is 271 g/mol. The first-order valence-electron chi connectivity index (χ1n) is 7.44. The van der Waals surface area contributed by atoms with E-state index in [2.05, 4.69) is 0 Å². The van der Waals surface area contributed by atoms with E-state index in [1.165, 1.54) is 37.0 Å². The standard InChI is InChI=1S/C15H29NO3/c1-11(17)13(10-12-8-6-5-7-9-12)16(14(18)19)15(2,3)4/h11-13,17H,5-10H2,1-4H3,(H,18,19)/t11-,13+/m1/s1. The molecule has 0 aromatic heterocycles. The smallest absolute Gasteiger partial charge is 0.408 e. The maximum Gasteiger partial charge on any atom is 0.408 e. The van der Waals surface area contributed by atoms with Gasteiger partial charge >= 0.3 is 6.09 Å².